The van der Waals surface area contributed by atoms with Gasteiger partial charge in [-0.15, -0.1) is 0 Å². The minimum Gasteiger partial charge on any atom is -0.427 e. The van der Waals surface area contributed by atoms with Crippen LogP contribution in [0.1, 0.15) is 80.5 Å². The van der Waals surface area contributed by atoms with Crippen molar-refractivity contribution < 1.29 is 13.9 Å². The van der Waals surface area contributed by atoms with Gasteiger partial charge in [0.15, 0.2) is 0 Å². The Morgan fingerprint density at radius 1 is 1.30 bits per heavy atom. The molecule has 1 aromatic heterocycles. The summed E-state index contributed by atoms with van der Waals surface area (Å²) >= 11 is 0. The van der Waals surface area contributed by atoms with E-state index in [0.29, 0.717) is 24.4 Å². The Balaban J connectivity index is 1.75. The predicted molar refractivity (Wildman–Crippen MR) is 105 cm³/mol. The lowest BCUT2D eigenvalue weighted by Gasteiger charge is -2.42. The van der Waals surface area contributed by atoms with Crippen LogP contribution in [0.4, 0.5) is 0 Å². The third-order valence-electron chi connectivity index (χ3n) is 5.88. The van der Waals surface area contributed by atoms with Crippen molar-refractivity contribution in [1.82, 2.24) is 4.90 Å². The van der Waals surface area contributed by atoms with Crippen LogP contribution in [0.25, 0.3) is 0 Å². The Bertz CT molecular complexity index is 784. The van der Waals surface area contributed by atoms with E-state index in [9.17, 15) is 9.59 Å². The summed E-state index contributed by atoms with van der Waals surface area (Å²) in [5.41, 5.74) is 1.49. The number of hydrogen-bond acceptors (Lipinski definition) is 4. The van der Waals surface area contributed by atoms with Gasteiger partial charge in [0.25, 0.3) is 5.91 Å². The van der Waals surface area contributed by atoms with E-state index in [1.165, 1.54) is 5.57 Å². The Morgan fingerprint density at radius 2 is 2.00 bits per heavy atom. The Hall–Kier alpha value is -1.88. The van der Waals surface area contributed by atoms with Gasteiger partial charge in [0.1, 0.15) is 11.3 Å². The molecule has 27 heavy (non-hydrogen) atoms. The molecule has 0 radical (unpaired) electrons. The highest BCUT2D eigenvalue weighted by molar-refractivity contribution is 5.95. The van der Waals surface area contributed by atoms with Gasteiger partial charge in [-0.25, -0.2) is 4.79 Å². The lowest BCUT2D eigenvalue weighted by molar-refractivity contribution is -0.0522. The van der Waals surface area contributed by atoms with Crippen LogP contribution in [-0.4, -0.2) is 36.1 Å². The van der Waals surface area contributed by atoms with Gasteiger partial charge in [-0.2, -0.15) is 0 Å². The molecule has 1 aromatic rings. The van der Waals surface area contributed by atoms with Crippen molar-refractivity contribution in [1.29, 1.82) is 0 Å². The van der Waals surface area contributed by atoms with Crippen LogP contribution in [0.5, 0.6) is 0 Å². The minimum atomic E-state index is -0.511. The SMILES string of the molecule is CCCC(C)c1cc(C)c(C(=O)N2CCC3(C=C(C)CCO3)CC2)c(=O)o1. The van der Waals surface area contributed by atoms with E-state index in [0.717, 1.165) is 38.7 Å². The zero-order valence-corrected chi connectivity index (χ0v) is 17.0. The number of amides is 1. The molecule has 1 saturated heterocycles. The second kappa shape index (κ2) is 8.01. The summed E-state index contributed by atoms with van der Waals surface area (Å²) in [7, 11) is 0. The maximum Gasteiger partial charge on any atom is 0.349 e. The standard InChI is InChI=1S/C22H31NO4/c1-5-6-16(3)18-13-17(4)19(21(25)27-18)20(24)23-10-8-22(9-11-23)14-15(2)7-12-26-22/h13-14,16H,5-12H2,1-4H3. The van der Waals surface area contributed by atoms with Crippen LogP contribution in [0.15, 0.2) is 26.9 Å². The molecule has 0 saturated carbocycles. The third kappa shape index (κ3) is 4.18. The molecular weight excluding hydrogens is 342 g/mol. The second-order valence-electron chi connectivity index (χ2n) is 8.13. The van der Waals surface area contributed by atoms with Crippen molar-refractivity contribution in [3.8, 4) is 0 Å². The fourth-order valence-electron chi connectivity index (χ4n) is 4.22. The fourth-order valence-corrected chi connectivity index (χ4v) is 4.22. The first-order chi connectivity index (χ1) is 12.8. The molecular formula is C22H31NO4. The Labute approximate surface area is 161 Å². The number of piperidine rings is 1. The largest absolute Gasteiger partial charge is 0.427 e. The second-order valence-corrected chi connectivity index (χ2v) is 8.13. The normalized spacial score (nSPS) is 20.4. The summed E-state index contributed by atoms with van der Waals surface area (Å²) < 4.78 is 11.5. The molecule has 3 rings (SSSR count). The van der Waals surface area contributed by atoms with Crippen LogP contribution in [-0.2, 0) is 4.74 Å². The van der Waals surface area contributed by atoms with Gasteiger partial charge in [-0.05, 0) is 51.2 Å². The van der Waals surface area contributed by atoms with E-state index in [-0.39, 0.29) is 23.0 Å². The monoisotopic (exact) mass is 373 g/mol. The van der Waals surface area contributed by atoms with Gasteiger partial charge in [-0.3, -0.25) is 4.79 Å². The lowest BCUT2D eigenvalue weighted by Crippen LogP contribution is -2.49. The van der Waals surface area contributed by atoms with E-state index >= 15 is 0 Å². The maximum atomic E-state index is 13.0. The van der Waals surface area contributed by atoms with Gasteiger partial charge in [0, 0.05) is 19.0 Å². The first-order valence-corrected chi connectivity index (χ1v) is 10.1. The average Bonchev–Trinajstić information content (AvgIpc) is 2.61. The van der Waals surface area contributed by atoms with Crippen molar-refractivity contribution in [3.05, 3.63) is 45.0 Å². The van der Waals surface area contributed by atoms with E-state index in [2.05, 4.69) is 19.9 Å². The molecule has 148 valence electrons. The summed E-state index contributed by atoms with van der Waals surface area (Å²) in [5.74, 6) is 0.630. The van der Waals surface area contributed by atoms with Crippen molar-refractivity contribution in [2.45, 2.75) is 71.3 Å². The summed E-state index contributed by atoms with van der Waals surface area (Å²) in [6.07, 6.45) is 6.72. The lowest BCUT2D eigenvalue weighted by atomic mass is 9.86. The van der Waals surface area contributed by atoms with Gasteiger partial charge in [0.05, 0.1) is 12.2 Å². The number of rotatable bonds is 4. The number of nitrogens with zero attached hydrogens (tertiary/aromatic N) is 1. The number of carbonyl (C=O) groups is 1. The molecule has 1 amide bonds. The van der Waals surface area contributed by atoms with Crippen molar-refractivity contribution in [3.63, 3.8) is 0 Å². The first kappa shape index (κ1) is 19.9. The first-order valence-electron chi connectivity index (χ1n) is 10.1. The quantitative estimate of drug-likeness (QED) is 0.743. The molecule has 2 aliphatic rings. The number of likely N-dealkylation sites (tertiary alicyclic amines) is 1. The molecule has 0 bridgehead atoms. The van der Waals surface area contributed by atoms with E-state index < -0.39 is 5.63 Å². The minimum absolute atomic E-state index is 0.176. The highest BCUT2D eigenvalue weighted by atomic mass is 16.5. The van der Waals surface area contributed by atoms with Crippen LogP contribution >= 0.6 is 0 Å². The number of ether oxygens (including phenoxy) is 1. The smallest absolute Gasteiger partial charge is 0.349 e. The van der Waals surface area contributed by atoms with Crippen LogP contribution in [0.2, 0.25) is 0 Å². The predicted octanol–water partition coefficient (Wildman–Crippen LogP) is 4.19. The molecule has 1 unspecified atom stereocenters. The molecule has 1 atom stereocenters. The molecule has 0 N–H and O–H groups in total. The Kier molecular flexibility index (Phi) is 5.89. The van der Waals surface area contributed by atoms with Gasteiger partial charge >= 0.3 is 5.63 Å². The summed E-state index contributed by atoms with van der Waals surface area (Å²) in [6, 6.07) is 1.86. The molecule has 1 fully saturated rings. The topological polar surface area (TPSA) is 59.8 Å². The van der Waals surface area contributed by atoms with Crippen molar-refractivity contribution in [2.24, 2.45) is 0 Å². The van der Waals surface area contributed by atoms with Crippen LogP contribution < -0.4 is 5.63 Å². The zero-order valence-electron chi connectivity index (χ0n) is 17.0. The summed E-state index contributed by atoms with van der Waals surface area (Å²) in [4.78, 5) is 27.3. The third-order valence-corrected chi connectivity index (χ3v) is 5.88. The number of carbonyl (C=O) groups excluding carboxylic acids is 1. The molecule has 2 aliphatic heterocycles. The Morgan fingerprint density at radius 3 is 2.59 bits per heavy atom. The van der Waals surface area contributed by atoms with E-state index in [1.807, 2.05) is 19.9 Å². The molecule has 5 heteroatoms. The fraction of sp³-hybridized carbons (Fsp3) is 0.636. The number of hydrogen-bond donors (Lipinski definition) is 0. The van der Waals surface area contributed by atoms with E-state index in [4.69, 9.17) is 9.15 Å². The zero-order chi connectivity index (χ0) is 19.6. The van der Waals surface area contributed by atoms with Gasteiger partial charge in [0.2, 0.25) is 0 Å². The van der Waals surface area contributed by atoms with Crippen LogP contribution in [0, 0.1) is 6.92 Å². The van der Waals surface area contributed by atoms with Crippen molar-refractivity contribution in [2.75, 3.05) is 19.7 Å². The van der Waals surface area contributed by atoms with Crippen molar-refractivity contribution >= 4 is 5.91 Å². The van der Waals surface area contributed by atoms with Gasteiger partial charge in [-0.1, -0.05) is 31.9 Å². The highest BCUT2D eigenvalue weighted by Crippen LogP contribution is 2.33. The molecule has 3 heterocycles. The van der Waals surface area contributed by atoms with Gasteiger partial charge < -0.3 is 14.1 Å². The summed E-state index contributed by atoms with van der Waals surface area (Å²) in [6.45, 7) is 10.1. The molecule has 5 nitrogen and oxygen atoms in total. The van der Waals surface area contributed by atoms with Crippen LogP contribution in [0.3, 0.4) is 0 Å². The highest BCUT2D eigenvalue weighted by Gasteiger charge is 2.37. The average molecular weight is 373 g/mol. The van der Waals surface area contributed by atoms with E-state index in [1.54, 1.807) is 4.90 Å². The number of aryl methyl sites for hydroxylation is 1. The molecule has 1 spiro atoms. The molecule has 0 aliphatic carbocycles. The maximum absolute atomic E-state index is 13.0. The molecule has 0 aromatic carbocycles. The summed E-state index contributed by atoms with van der Waals surface area (Å²) in [5, 5.41) is 0.